The van der Waals surface area contributed by atoms with E-state index >= 15 is 4.39 Å². The summed E-state index contributed by atoms with van der Waals surface area (Å²) in [7, 11) is 2.12. The summed E-state index contributed by atoms with van der Waals surface area (Å²) in [6.07, 6.45) is 4.53. The molecule has 0 amide bonds. The zero-order valence-corrected chi connectivity index (χ0v) is 22.6. The van der Waals surface area contributed by atoms with Gasteiger partial charge in [0, 0.05) is 42.2 Å². The molecule has 6 rings (SSSR count). The van der Waals surface area contributed by atoms with Crippen molar-refractivity contribution in [1.82, 2.24) is 20.2 Å². The quantitative estimate of drug-likeness (QED) is 0.452. The number of fused-ring (bicyclic) bond motifs is 3. The molecule has 196 valence electrons. The highest BCUT2D eigenvalue weighted by Gasteiger charge is 2.34. The Labute approximate surface area is 223 Å². The molecule has 0 aliphatic carbocycles. The minimum Gasteiger partial charge on any atom is -0.462 e. The first-order chi connectivity index (χ1) is 17.9. The third-order valence-corrected chi connectivity index (χ3v) is 8.58. The maximum atomic E-state index is 16.5. The van der Waals surface area contributed by atoms with Gasteiger partial charge in [-0.3, -0.25) is 0 Å². The number of hydrogen-bond acceptors (Lipinski definition) is 6. The highest BCUT2D eigenvalue weighted by atomic mass is 35.5. The van der Waals surface area contributed by atoms with E-state index in [9.17, 15) is 0 Å². The Hall–Kier alpha value is -2.48. The van der Waals surface area contributed by atoms with E-state index in [2.05, 4.69) is 41.0 Å². The molecule has 3 aromatic rings. The van der Waals surface area contributed by atoms with Gasteiger partial charge in [0.05, 0.1) is 5.02 Å². The summed E-state index contributed by atoms with van der Waals surface area (Å²) < 4.78 is 22.6. The second-order valence-corrected chi connectivity index (χ2v) is 11.6. The van der Waals surface area contributed by atoms with Crippen molar-refractivity contribution in [3.63, 3.8) is 0 Å². The molecule has 1 aromatic heterocycles. The number of aromatic nitrogens is 2. The van der Waals surface area contributed by atoms with Crippen molar-refractivity contribution in [3.8, 4) is 17.1 Å². The number of anilines is 1. The lowest BCUT2D eigenvalue weighted by Gasteiger charge is -2.34. The van der Waals surface area contributed by atoms with E-state index < -0.39 is 5.82 Å². The Morgan fingerprint density at radius 1 is 1.14 bits per heavy atom. The summed E-state index contributed by atoms with van der Waals surface area (Å²) >= 11 is 6.84. The van der Waals surface area contributed by atoms with Crippen LogP contribution >= 0.6 is 11.6 Å². The molecule has 2 aromatic carbocycles. The van der Waals surface area contributed by atoms with Crippen LogP contribution in [0.5, 0.6) is 6.01 Å². The Morgan fingerprint density at radius 3 is 2.59 bits per heavy atom. The van der Waals surface area contributed by atoms with Crippen LogP contribution < -0.4 is 15.0 Å². The highest BCUT2D eigenvalue weighted by molar-refractivity contribution is 6.34. The van der Waals surface area contributed by atoms with E-state index in [4.69, 9.17) is 21.3 Å². The molecule has 2 bridgehead atoms. The first-order valence-electron chi connectivity index (χ1n) is 13.5. The first kappa shape index (κ1) is 24.8. The molecule has 3 saturated heterocycles. The Bertz CT molecular complexity index is 1310. The van der Waals surface area contributed by atoms with E-state index in [0.29, 0.717) is 46.5 Å². The molecule has 3 fully saturated rings. The van der Waals surface area contributed by atoms with Crippen LogP contribution in [0.25, 0.3) is 22.0 Å². The summed E-state index contributed by atoms with van der Waals surface area (Å²) in [5.41, 5.74) is 2.52. The van der Waals surface area contributed by atoms with Crippen molar-refractivity contribution in [3.05, 3.63) is 46.7 Å². The van der Waals surface area contributed by atoms with Crippen molar-refractivity contribution in [2.24, 2.45) is 0 Å². The molecule has 37 heavy (non-hydrogen) atoms. The zero-order chi connectivity index (χ0) is 25.7. The van der Waals surface area contributed by atoms with E-state index in [0.717, 1.165) is 56.4 Å². The lowest BCUT2D eigenvalue weighted by atomic mass is 9.91. The SMILES string of the molecule is CC(C)c1ccccc1-c1c(Cl)cc2c(N3C[C@H]4CC[C@@H](C3)N4)nc(OC[C@@H]3CCCN3C)nc2c1F. The van der Waals surface area contributed by atoms with E-state index in [1.807, 2.05) is 30.3 Å². The molecule has 0 radical (unpaired) electrons. The van der Waals surface area contributed by atoms with Crippen molar-refractivity contribution < 1.29 is 9.13 Å². The number of ether oxygens (including phenoxy) is 1. The van der Waals surface area contributed by atoms with Gasteiger partial charge in [-0.05, 0) is 62.4 Å². The third-order valence-electron chi connectivity index (χ3n) is 8.29. The van der Waals surface area contributed by atoms with Gasteiger partial charge in [-0.1, -0.05) is 49.7 Å². The standard InChI is InChI=1S/C29H35ClFN5O/c1-17(2)21-8-4-5-9-22(21)25-24(30)13-23-27(26(25)31)33-29(37-16-20-7-6-12-35(20)3)34-28(23)36-14-18-10-11-19(15-36)32-18/h4-5,8-9,13,17-20,32H,6-7,10-12,14-16H2,1-3H3/t18-,19+,20-/m0/s1. The number of nitrogens with one attached hydrogen (secondary N) is 1. The summed E-state index contributed by atoms with van der Waals surface area (Å²) in [4.78, 5) is 14.1. The molecular formula is C29H35ClFN5O. The smallest absolute Gasteiger partial charge is 0.319 e. The second-order valence-electron chi connectivity index (χ2n) is 11.1. The minimum atomic E-state index is -0.416. The Morgan fingerprint density at radius 2 is 1.89 bits per heavy atom. The summed E-state index contributed by atoms with van der Waals surface area (Å²) in [6.45, 7) is 7.42. The van der Waals surface area contributed by atoms with Crippen molar-refractivity contribution in [2.45, 2.75) is 63.6 Å². The van der Waals surface area contributed by atoms with Gasteiger partial charge >= 0.3 is 6.01 Å². The predicted octanol–water partition coefficient (Wildman–Crippen LogP) is 5.63. The number of halogens is 2. The van der Waals surface area contributed by atoms with Gasteiger partial charge in [0.1, 0.15) is 17.9 Å². The van der Waals surface area contributed by atoms with E-state index in [1.54, 1.807) is 0 Å². The van der Waals surface area contributed by atoms with Gasteiger partial charge in [-0.2, -0.15) is 9.97 Å². The number of likely N-dealkylation sites (N-methyl/N-ethyl adjacent to an activating group) is 1. The number of likely N-dealkylation sites (tertiary alicyclic amines) is 1. The third kappa shape index (κ3) is 4.66. The normalized spacial score (nSPS) is 23.9. The summed E-state index contributed by atoms with van der Waals surface area (Å²) in [5.74, 6) is 0.518. The molecular weight excluding hydrogens is 489 g/mol. The second kappa shape index (κ2) is 10.0. The Kier molecular flexibility index (Phi) is 6.72. The monoisotopic (exact) mass is 523 g/mol. The van der Waals surface area contributed by atoms with E-state index in [1.165, 1.54) is 0 Å². The molecule has 3 aliphatic heterocycles. The van der Waals surface area contributed by atoms with Gasteiger partial charge in [0.15, 0.2) is 5.82 Å². The van der Waals surface area contributed by atoms with Crippen LogP contribution in [0, 0.1) is 5.82 Å². The largest absolute Gasteiger partial charge is 0.462 e. The molecule has 0 unspecified atom stereocenters. The molecule has 0 spiro atoms. The van der Waals surface area contributed by atoms with Crippen LogP contribution in [0.1, 0.15) is 51.0 Å². The van der Waals surface area contributed by atoms with Gasteiger partial charge in [0.2, 0.25) is 0 Å². The van der Waals surface area contributed by atoms with Gasteiger partial charge in [-0.25, -0.2) is 4.39 Å². The number of hydrogen-bond donors (Lipinski definition) is 1. The van der Waals surface area contributed by atoms with Gasteiger partial charge in [-0.15, -0.1) is 0 Å². The van der Waals surface area contributed by atoms with Crippen molar-refractivity contribution >= 4 is 28.3 Å². The lowest BCUT2D eigenvalue weighted by Crippen LogP contribution is -2.51. The van der Waals surface area contributed by atoms with Crippen molar-refractivity contribution in [2.75, 3.05) is 38.2 Å². The minimum absolute atomic E-state index is 0.224. The molecule has 1 N–H and O–H groups in total. The average molecular weight is 524 g/mol. The fourth-order valence-electron chi connectivity index (χ4n) is 6.27. The van der Waals surface area contributed by atoms with Crippen LogP contribution in [0.2, 0.25) is 5.02 Å². The molecule has 6 nitrogen and oxygen atoms in total. The Balaban J connectivity index is 1.48. The molecule has 4 heterocycles. The lowest BCUT2D eigenvalue weighted by molar-refractivity contribution is 0.188. The van der Waals surface area contributed by atoms with Crippen LogP contribution in [-0.4, -0.2) is 66.3 Å². The fourth-order valence-corrected chi connectivity index (χ4v) is 6.56. The highest BCUT2D eigenvalue weighted by Crippen LogP contribution is 2.41. The zero-order valence-electron chi connectivity index (χ0n) is 21.8. The molecule has 0 saturated carbocycles. The maximum absolute atomic E-state index is 16.5. The predicted molar refractivity (Wildman–Crippen MR) is 147 cm³/mol. The fraction of sp³-hybridized carbons (Fsp3) is 0.517. The van der Waals surface area contributed by atoms with Crippen LogP contribution in [0.3, 0.4) is 0 Å². The summed E-state index contributed by atoms with van der Waals surface area (Å²) in [5, 5.41) is 4.68. The number of nitrogens with zero attached hydrogens (tertiary/aromatic N) is 4. The molecule has 3 aliphatic rings. The van der Waals surface area contributed by atoms with Gasteiger partial charge < -0.3 is 19.9 Å². The van der Waals surface area contributed by atoms with Crippen LogP contribution in [0.15, 0.2) is 30.3 Å². The molecule has 3 atom stereocenters. The average Bonchev–Trinajstić information content (AvgIpc) is 3.46. The number of piperazine rings is 1. The topological polar surface area (TPSA) is 53.5 Å². The molecule has 8 heteroatoms. The van der Waals surface area contributed by atoms with Crippen LogP contribution in [-0.2, 0) is 0 Å². The number of rotatable bonds is 6. The van der Waals surface area contributed by atoms with Gasteiger partial charge in [0.25, 0.3) is 0 Å². The number of benzene rings is 2. The summed E-state index contributed by atoms with van der Waals surface area (Å²) in [6, 6.07) is 11.1. The van der Waals surface area contributed by atoms with Crippen LogP contribution in [0.4, 0.5) is 10.2 Å². The first-order valence-corrected chi connectivity index (χ1v) is 13.9. The van der Waals surface area contributed by atoms with Crippen molar-refractivity contribution in [1.29, 1.82) is 0 Å². The maximum Gasteiger partial charge on any atom is 0.319 e. The van der Waals surface area contributed by atoms with E-state index in [-0.39, 0.29) is 17.4 Å².